The van der Waals surface area contributed by atoms with Crippen LogP contribution in [0.1, 0.15) is 65.7 Å². The predicted octanol–water partition coefficient (Wildman–Crippen LogP) is 3.76. The van der Waals surface area contributed by atoms with E-state index in [0.717, 1.165) is 37.6 Å². The highest BCUT2D eigenvalue weighted by atomic mass is 16.1. The molecule has 0 aromatic rings. The van der Waals surface area contributed by atoms with Crippen LogP contribution >= 0.6 is 0 Å². The number of nitrogens with one attached hydrogen (secondary N) is 1. The Bertz CT molecular complexity index is 217. The lowest BCUT2D eigenvalue weighted by molar-refractivity contribution is -0.126. The topological polar surface area (TPSA) is 29.1 Å². The molecule has 1 fully saturated rings. The molecule has 0 radical (unpaired) electrons. The van der Waals surface area contributed by atoms with Crippen molar-refractivity contribution >= 4 is 5.91 Å². The standard InChI is InChI=1S/C15H29NO/c1-4-5-6-11-16-15(17)14-9-7-13(8-10-14)12(2)3/h12-14H,4-11H2,1-3H3,(H,16,17). The van der Waals surface area contributed by atoms with Gasteiger partial charge in [0, 0.05) is 12.5 Å². The van der Waals surface area contributed by atoms with Crippen molar-refractivity contribution in [1.82, 2.24) is 5.32 Å². The smallest absolute Gasteiger partial charge is 0.223 e. The summed E-state index contributed by atoms with van der Waals surface area (Å²) >= 11 is 0. The van der Waals surface area contributed by atoms with Crippen molar-refractivity contribution in [2.24, 2.45) is 17.8 Å². The van der Waals surface area contributed by atoms with Crippen LogP contribution in [0.15, 0.2) is 0 Å². The van der Waals surface area contributed by atoms with Gasteiger partial charge in [-0.1, -0.05) is 33.6 Å². The van der Waals surface area contributed by atoms with Crippen molar-refractivity contribution in [3.8, 4) is 0 Å². The Morgan fingerprint density at radius 2 is 1.82 bits per heavy atom. The Morgan fingerprint density at radius 3 is 2.35 bits per heavy atom. The second-order valence-corrected chi connectivity index (χ2v) is 5.85. The van der Waals surface area contributed by atoms with E-state index in [1.807, 2.05) is 0 Å². The molecule has 0 aromatic carbocycles. The molecule has 1 aliphatic rings. The van der Waals surface area contributed by atoms with Gasteiger partial charge in [-0.2, -0.15) is 0 Å². The quantitative estimate of drug-likeness (QED) is 0.703. The zero-order valence-corrected chi connectivity index (χ0v) is 11.8. The molecule has 1 N–H and O–H groups in total. The Hall–Kier alpha value is -0.530. The van der Waals surface area contributed by atoms with Crippen molar-refractivity contribution in [2.45, 2.75) is 65.7 Å². The highest BCUT2D eigenvalue weighted by Gasteiger charge is 2.27. The molecule has 0 spiro atoms. The molecule has 0 unspecified atom stereocenters. The molecule has 1 aliphatic carbocycles. The van der Waals surface area contributed by atoms with Gasteiger partial charge in [-0.3, -0.25) is 4.79 Å². The minimum absolute atomic E-state index is 0.298. The van der Waals surface area contributed by atoms with E-state index in [1.165, 1.54) is 25.7 Å². The second kappa shape index (κ2) is 7.73. The van der Waals surface area contributed by atoms with Gasteiger partial charge in [0.05, 0.1) is 0 Å². The number of hydrogen-bond donors (Lipinski definition) is 1. The summed E-state index contributed by atoms with van der Waals surface area (Å²) in [5, 5.41) is 3.09. The highest BCUT2D eigenvalue weighted by Crippen LogP contribution is 2.33. The van der Waals surface area contributed by atoms with Crippen LogP contribution in [0, 0.1) is 17.8 Å². The number of carbonyl (C=O) groups excluding carboxylic acids is 1. The SMILES string of the molecule is CCCCCNC(=O)C1CCC(C(C)C)CC1. The van der Waals surface area contributed by atoms with Crippen LogP contribution in [-0.2, 0) is 4.79 Å². The van der Waals surface area contributed by atoms with Crippen molar-refractivity contribution < 1.29 is 4.79 Å². The second-order valence-electron chi connectivity index (χ2n) is 5.85. The Kier molecular flexibility index (Phi) is 6.61. The van der Waals surface area contributed by atoms with Crippen LogP contribution in [0.2, 0.25) is 0 Å². The molecule has 0 aliphatic heterocycles. The lowest BCUT2D eigenvalue weighted by atomic mass is 9.77. The molecule has 2 heteroatoms. The molecule has 0 atom stereocenters. The largest absolute Gasteiger partial charge is 0.356 e. The zero-order valence-electron chi connectivity index (χ0n) is 11.8. The van der Waals surface area contributed by atoms with Crippen LogP contribution in [-0.4, -0.2) is 12.5 Å². The van der Waals surface area contributed by atoms with E-state index < -0.39 is 0 Å². The van der Waals surface area contributed by atoms with Crippen molar-refractivity contribution in [3.05, 3.63) is 0 Å². The molecule has 0 bridgehead atoms. The molecule has 100 valence electrons. The minimum Gasteiger partial charge on any atom is -0.356 e. The average Bonchev–Trinajstić information content (AvgIpc) is 2.34. The first-order valence-electron chi connectivity index (χ1n) is 7.42. The maximum atomic E-state index is 11.9. The maximum Gasteiger partial charge on any atom is 0.223 e. The zero-order chi connectivity index (χ0) is 12.7. The molecule has 1 saturated carbocycles. The van der Waals surface area contributed by atoms with Crippen molar-refractivity contribution in [3.63, 3.8) is 0 Å². The minimum atomic E-state index is 0.298. The summed E-state index contributed by atoms with van der Waals surface area (Å²) < 4.78 is 0. The van der Waals surface area contributed by atoms with E-state index in [1.54, 1.807) is 0 Å². The third-order valence-electron chi connectivity index (χ3n) is 4.16. The summed E-state index contributed by atoms with van der Waals surface area (Å²) in [5.74, 6) is 2.23. The first-order chi connectivity index (χ1) is 8.15. The first-order valence-corrected chi connectivity index (χ1v) is 7.42. The summed E-state index contributed by atoms with van der Waals surface area (Å²) in [6.07, 6.45) is 8.25. The van der Waals surface area contributed by atoms with Gasteiger partial charge in [0.25, 0.3) is 0 Å². The monoisotopic (exact) mass is 239 g/mol. The lowest BCUT2D eigenvalue weighted by Crippen LogP contribution is -2.34. The maximum absolute atomic E-state index is 11.9. The van der Waals surface area contributed by atoms with Gasteiger partial charge in [-0.25, -0.2) is 0 Å². The lowest BCUT2D eigenvalue weighted by Gasteiger charge is -2.30. The van der Waals surface area contributed by atoms with E-state index in [9.17, 15) is 4.79 Å². The molecule has 2 nitrogen and oxygen atoms in total. The fourth-order valence-electron chi connectivity index (χ4n) is 2.78. The molecule has 1 amide bonds. The fourth-order valence-corrected chi connectivity index (χ4v) is 2.78. The van der Waals surface area contributed by atoms with Crippen LogP contribution in [0.25, 0.3) is 0 Å². The predicted molar refractivity (Wildman–Crippen MR) is 72.8 cm³/mol. The van der Waals surface area contributed by atoms with Crippen LogP contribution in [0.5, 0.6) is 0 Å². The third-order valence-corrected chi connectivity index (χ3v) is 4.16. The molecular formula is C15H29NO. The van der Waals surface area contributed by atoms with Crippen LogP contribution < -0.4 is 5.32 Å². The van der Waals surface area contributed by atoms with Crippen LogP contribution in [0.4, 0.5) is 0 Å². The molecule has 0 saturated heterocycles. The molecular weight excluding hydrogens is 210 g/mol. The molecule has 17 heavy (non-hydrogen) atoms. The van der Waals surface area contributed by atoms with E-state index in [4.69, 9.17) is 0 Å². The number of rotatable bonds is 6. The van der Waals surface area contributed by atoms with Crippen molar-refractivity contribution in [2.75, 3.05) is 6.54 Å². The number of hydrogen-bond acceptors (Lipinski definition) is 1. The van der Waals surface area contributed by atoms with Gasteiger partial charge in [-0.15, -0.1) is 0 Å². The van der Waals surface area contributed by atoms with Gasteiger partial charge < -0.3 is 5.32 Å². The van der Waals surface area contributed by atoms with Gasteiger partial charge in [0.2, 0.25) is 5.91 Å². The summed E-state index contributed by atoms with van der Waals surface area (Å²) in [4.78, 5) is 11.9. The Morgan fingerprint density at radius 1 is 1.18 bits per heavy atom. The first kappa shape index (κ1) is 14.5. The fraction of sp³-hybridized carbons (Fsp3) is 0.933. The molecule has 1 rings (SSSR count). The van der Waals surface area contributed by atoms with Gasteiger partial charge in [-0.05, 0) is 43.9 Å². The number of carbonyl (C=O) groups is 1. The normalized spacial score (nSPS) is 24.9. The number of amides is 1. The summed E-state index contributed by atoms with van der Waals surface area (Å²) in [6, 6.07) is 0. The molecule has 0 heterocycles. The summed E-state index contributed by atoms with van der Waals surface area (Å²) in [6.45, 7) is 7.66. The van der Waals surface area contributed by atoms with E-state index in [-0.39, 0.29) is 0 Å². The Labute approximate surface area is 107 Å². The third kappa shape index (κ3) is 5.10. The van der Waals surface area contributed by atoms with Gasteiger partial charge in [0.15, 0.2) is 0 Å². The van der Waals surface area contributed by atoms with Gasteiger partial charge >= 0.3 is 0 Å². The van der Waals surface area contributed by atoms with E-state index >= 15 is 0 Å². The summed E-state index contributed by atoms with van der Waals surface area (Å²) in [7, 11) is 0. The van der Waals surface area contributed by atoms with Crippen LogP contribution in [0.3, 0.4) is 0 Å². The van der Waals surface area contributed by atoms with Gasteiger partial charge in [0.1, 0.15) is 0 Å². The summed E-state index contributed by atoms with van der Waals surface area (Å²) in [5.41, 5.74) is 0. The molecule has 0 aromatic heterocycles. The average molecular weight is 239 g/mol. The highest BCUT2D eigenvalue weighted by molar-refractivity contribution is 5.78. The Balaban J connectivity index is 2.17. The van der Waals surface area contributed by atoms with E-state index in [2.05, 4.69) is 26.1 Å². The van der Waals surface area contributed by atoms with E-state index in [0.29, 0.717) is 11.8 Å². The van der Waals surface area contributed by atoms with Crippen molar-refractivity contribution in [1.29, 1.82) is 0 Å². The number of unbranched alkanes of at least 4 members (excludes halogenated alkanes) is 2.